The molecule has 1 amide bonds. The van der Waals surface area contributed by atoms with Crippen molar-refractivity contribution in [2.75, 3.05) is 6.54 Å². The SMILES string of the molecule is CC(C)CC(CNC(=O)OC(C)(C)C)c1nc2ccc(-c3cnco3)cc2[nH]1. The van der Waals surface area contributed by atoms with Crippen molar-refractivity contribution in [2.45, 2.75) is 52.6 Å². The molecule has 7 nitrogen and oxygen atoms in total. The lowest BCUT2D eigenvalue weighted by molar-refractivity contribution is 0.0523. The Morgan fingerprint density at radius 1 is 1.32 bits per heavy atom. The highest BCUT2D eigenvalue weighted by molar-refractivity contribution is 5.80. The van der Waals surface area contributed by atoms with Crippen molar-refractivity contribution in [3.63, 3.8) is 0 Å². The van der Waals surface area contributed by atoms with Crippen LogP contribution in [0.3, 0.4) is 0 Å². The lowest BCUT2D eigenvalue weighted by atomic mass is 9.96. The van der Waals surface area contributed by atoms with Crippen molar-refractivity contribution in [3.05, 3.63) is 36.6 Å². The fraction of sp³-hybridized carbons (Fsp3) is 0.476. The Labute approximate surface area is 164 Å². The summed E-state index contributed by atoms with van der Waals surface area (Å²) in [6.45, 7) is 10.3. The molecule has 0 aliphatic rings. The molecular weight excluding hydrogens is 356 g/mol. The number of nitrogens with zero attached hydrogens (tertiary/aromatic N) is 2. The molecule has 2 aromatic heterocycles. The summed E-state index contributed by atoms with van der Waals surface area (Å²) in [5, 5.41) is 2.88. The van der Waals surface area contributed by atoms with Crippen LogP contribution in [0, 0.1) is 5.92 Å². The van der Waals surface area contributed by atoms with Gasteiger partial charge < -0.3 is 19.5 Å². The number of fused-ring (bicyclic) bond motifs is 1. The van der Waals surface area contributed by atoms with Crippen molar-refractivity contribution in [1.29, 1.82) is 0 Å². The summed E-state index contributed by atoms with van der Waals surface area (Å²) >= 11 is 0. The van der Waals surface area contributed by atoms with Gasteiger partial charge in [0.2, 0.25) is 0 Å². The largest absolute Gasteiger partial charge is 0.444 e. The number of hydrogen-bond donors (Lipinski definition) is 2. The number of aromatic amines is 1. The highest BCUT2D eigenvalue weighted by Gasteiger charge is 2.21. The molecule has 0 bridgehead atoms. The Hall–Kier alpha value is -2.83. The zero-order valence-electron chi connectivity index (χ0n) is 17.1. The lowest BCUT2D eigenvalue weighted by Gasteiger charge is -2.22. The fourth-order valence-electron chi connectivity index (χ4n) is 3.12. The molecule has 3 rings (SSSR count). The van der Waals surface area contributed by atoms with Crippen LogP contribution in [0.5, 0.6) is 0 Å². The molecule has 0 saturated heterocycles. The number of carbonyl (C=O) groups is 1. The second kappa shape index (κ2) is 8.04. The van der Waals surface area contributed by atoms with E-state index in [1.54, 1.807) is 6.20 Å². The topological polar surface area (TPSA) is 93.0 Å². The molecule has 2 heterocycles. The maximum atomic E-state index is 12.0. The van der Waals surface area contributed by atoms with Crippen LogP contribution in [-0.4, -0.2) is 33.2 Å². The van der Waals surface area contributed by atoms with E-state index in [1.165, 1.54) is 6.39 Å². The second-order valence-corrected chi connectivity index (χ2v) is 8.43. The van der Waals surface area contributed by atoms with Gasteiger partial charge in [0, 0.05) is 18.0 Å². The second-order valence-electron chi connectivity index (χ2n) is 8.43. The van der Waals surface area contributed by atoms with E-state index in [1.807, 2.05) is 39.0 Å². The van der Waals surface area contributed by atoms with Gasteiger partial charge in [0.25, 0.3) is 0 Å². The van der Waals surface area contributed by atoms with Crippen LogP contribution in [0.25, 0.3) is 22.4 Å². The van der Waals surface area contributed by atoms with Crippen LogP contribution >= 0.6 is 0 Å². The summed E-state index contributed by atoms with van der Waals surface area (Å²) in [7, 11) is 0. The van der Waals surface area contributed by atoms with E-state index >= 15 is 0 Å². The van der Waals surface area contributed by atoms with Gasteiger partial charge >= 0.3 is 6.09 Å². The third kappa shape index (κ3) is 5.12. The van der Waals surface area contributed by atoms with Gasteiger partial charge in [-0.25, -0.2) is 14.8 Å². The summed E-state index contributed by atoms with van der Waals surface area (Å²) in [5.41, 5.74) is 2.22. The summed E-state index contributed by atoms with van der Waals surface area (Å²) in [6, 6.07) is 5.92. The number of amides is 1. The van der Waals surface area contributed by atoms with Gasteiger partial charge in [-0.3, -0.25) is 0 Å². The zero-order valence-corrected chi connectivity index (χ0v) is 17.1. The molecule has 3 aromatic rings. The number of H-pyrrole nitrogens is 1. The third-order valence-corrected chi connectivity index (χ3v) is 4.25. The Morgan fingerprint density at radius 3 is 2.75 bits per heavy atom. The summed E-state index contributed by atoms with van der Waals surface area (Å²) in [4.78, 5) is 24.2. The van der Waals surface area contributed by atoms with E-state index in [0.29, 0.717) is 18.2 Å². The molecule has 0 aliphatic carbocycles. The number of aromatic nitrogens is 3. The smallest absolute Gasteiger partial charge is 0.407 e. The molecule has 7 heteroatoms. The molecule has 0 saturated carbocycles. The number of oxazole rings is 1. The van der Waals surface area contributed by atoms with Crippen molar-refractivity contribution in [3.8, 4) is 11.3 Å². The van der Waals surface area contributed by atoms with Crippen LogP contribution in [0.4, 0.5) is 4.79 Å². The van der Waals surface area contributed by atoms with E-state index < -0.39 is 11.7 Å². The minimum atomic E-state index is -0.520. The number of benzene rings is 1. The first-order chi connectivity index (χ1) is 13.2. The molecule has 150 valence electrons. The van der Waals surface area contributed by atoms with E-state index in [2.05, 4.69) is 29.1 Å². The number of ether oxygens (including phenoxy) is 1. The van der Waals surface area contributed by atoms with Crippen LogP contribution in [0.2, 0.25) is 0 Å². The summed E-state index contributed by atoms with van der Waals surface area (Å²) in [6.07, 6.45) is 3.58. The van der Waals surface area contributed by atoms with E-state index in [0.717, 1.165) is 28.8 Å². The quantitative estimate of drug-likeness (QED) is 0.632. The molecule has 1 aromatic carbocycles. The number of imidazole rings is 1. The van der Waals surface area contributed by atoms with Crippen LogP contribution in [0.15, 0.2) is 35.2 Å². The van der Waals surface area contributed by atoms with Gasteiger partial charge in [0.1, 0.15) is 11.4 Å². The maximum Gasteiger partial charge on any atom is 0.407 e. The first kappa shape index (κ1) is 19.9. The van der Waals surface area contributed by atoms with Gasteiger partial charge in [-0.15, -0.1) is 0 Å². The molecule has 28 heavy (non-hydrogen) atoms. The normalized spacial score (nSPS) is 13.1. The molecule has 0 fully saturated rings. The van der Waals surface area contributed by atoms with Gasteiger partial charge in [-0.05, 0) is 51.3 Å². The molecule has 0 aliphatic heterocycles. The van der Waals surface area contributed by atoms with E-state index in [-0.39, 0.29) is 5.92 Å². The Bertz CT molecular complexity index is 923. The van der Waals surface area contributed by atoms with E-state index in [4.69, 9.17) is 14.1 Å². The number of rotatable bonds is 6. The van der Waals surface area contributed by atoms with Crippen molar-refractivity contribution >= 4 is 17.1 Å². The monoisotopic (exact) mass is 384 g/mol. The predicted octanol–water partition coefficient (Wildman–Crippen LogP) is 4.87. The number of alkyl carbamates (subject to hydrolysis) is 1. The average Bonchev–Trinajstić information content (AvgIpc) is 3.25. The Kier molecular flexibility index (Phi) is 5.72. The lowest BCUT2D eigenvalue weighted by Crippen LogP contribution is -2.35. The van der Waals surface area contributed by atoms with Gasteiger partial charge in [-0.1, -0.05) is 13.8 Å². The average molecular weight is 384 g/mol. The highest BCUT2D eigenvalue weighted by atomic mass is 16.6. The summed E-state index contributed by atoms with van der Waals surface area (Å²) < 4.78 is 10.7. The van der Waals surface area contributed by atoms with Gasteiger partial charge in [0.15, 0.2) is 12.2 Å². The van der Waals surface area contributed by atoms with Gasteiger partial charge in [0.05, 0.1) is 17.2 Å². The molecule has 1 atom stereocenters. The molecule has 2 N–H and O–H groups in total. The van der Waals surface area contributed by atoms with Crippen molar-refractivity contribution in [2.24, 2.45) is 5.92 Å². The fourth-order valence-corrected chi connectivity index (χ4v) is 3.12. The number of nitrogens with one attached hydrogen (secondary N) is 2. The van der Waals surface area contributed by atoms with Gasteiger partial charge in [-0.2, -0.15) is 0 Å². The van der Waals surface area contributed by atoms with E-state index in [9.17, 15) is 4.79 Å². The molecule has 0 radical (unpaired) electrons. The minimum Gasteiger partial charge on any atom is -0.444 e. The first-order valence-corrected chi connectivity index (χ1v) is 9.56. The third-order valence-electron chi connectivity index (χ3n) is 4.25. The number of hydrogen-bond acceptors (Lipinski definition) is 5. The highest BCUT2D eigenvalue weighted by Crippen LogP contribution is 2.27. The number of carbonyl (C=O) groups excluding carboxylic acids is 1. The van der Waals surface area contributed by atoms with Crippen molar-refractivity contribution < 1.29 is 13.9 Å². The maximum absolute atomic E-state index is 12.0. The predicted molar refractivity (Wildman–Crippen MR) is 108 cm³/mol. The molecule has 1 unspecified atom stereocenters. The van der Waals surface area contributed by atoms with Crippen LogP contribution < -0.4 is 5.32 Å². The summed E-state index contributed by atoms with van der Waals surface area (Å²) in [5.74, 6) is 2.09. The van der Waals surface area contributed by atoms with Crippen molar-refractivity contribution in [1.82, 2.24) is 20.3 Å². The minimum absolute atomic E-state index is 0.0636. The Morgan fingerprint density at radius 2 is 2.11 bits per heavy atom. The standard InChI is InChI=1S/C21H28N4O3/c1-13(2)8-15(10-23-20(26)28-21(3,4)5)19-24-16-7-6-14(9-17(16)25-19)18-11-22-12-27-18/h6-7,9,11-13,15H,8,10H2,1-5H3,(H,23,26)(H,24,25). The van der Waals surface area contributed by atoms with Crippen LogP contribution in [-0.2, 0) is 4.74 Å². The first-order valence-electron chi connectivity index (χ1n) is 9.56. The Balaban J connectivity index is 1.79. The molecule has 0 spiro atoms. The van der Waals surface area contributed by atoms with Crippen LogP contribution in [0.1, 0.15) is 52.8 Å². The zero-order chi connectivity index (χ0) is 20.3. The molecular formula is C21H28N4O3.